The Balaban J connectivity index is 0.00000169. The lowest BCUT2D eigenvalue weighted by Crippen LogP contribution is -3.00. The molecular formula is C18H16BrClN2OS. The van der Waals surface area contributed by atoms with E-state index in [1.807, 2.05) is 36.0 Å². The summed E-state index contributed by atoms with van der Waals surface area (Å²) in [6, 6.07) is 16.2. The van der Waals surface area contributed by atoms with Crippen molar-refractivity contribution in [3.8, 4) is 22.7 Å². The number of rotatable bonds is 3. The molecule has 0 unspecified atom stereocenters. The third kappa shape index (κ3) is 3.08. The first-order valence-electron chi connectivity index (χ1n) is 7.44. The van der Waals surface area contributed by atoms with Crippen LogP contribution in [-0.2, 0) is 6.54 Å². The number of halogens is 2. The predicted octanol–water partition coefficient (Wildman–Crippen LogP) is 1.20. The molecule has 24 heavy (non-hydrogen) atoms. The number of nitrogens with zero attached hydrogens (tertiary/aromatic N) is 2. The molecule has 124 valence electrons. The molecule has 0 aliphatic carbocycles. The van der Waals surface area contributed by atoms with E-state index in [0.717, 1.165) is 34.3 Å². The molecule has 1 aliphatic rings. The first kappa shape index (κ1) is 17.4. The quantitative estimate of drug-likeness (QED) is 0.589. The van der Waals surface area contributed by atoms with Crippen LogP contribution in [0.3, 0.4) is 0 Å². The zero-order chi connectivity index (χ0) is 15.8. The smallest absolute Gasteiger partial charge is 0.323 e. The summed E-state index contributed by atoms with van der Waals surface area (Å²) in [6.45, 7) is 1.05. The fraction of sp³-hybridized carbons (Fsp3) is 0.167. The van der Waals surface area contributed by atoms with Gasteiger partial charge in [0.05, 0.1) is 7.11 Å². The van der Waals surface area contributed by atoms with E-state index in [4.69, 9.17) is 16.3 Å². The lowest BCUT2D eigenvalue weighted by Gasteiger charge is -2.05. The van der Waals surface area contributed by atoms with Crippen LogP contribution in [0.1, 0.15) is 0 Å². The van der Waals surface area contributed by atoms with Crippen LogP contribution >= 0.6 is 23.4 Å². The Bertz CT molecular complexity index is 847. The lowest BCUT2D eigenvalue weighted by atomic mass is 10.1. The molecule has 0 saturated heterocycles. The topological polar surface area (TPSA) is 18.0 Å². The van der Waals surface area contributed by atoms with Crippen LogP contribution in [0.15, 0.2) is 59.9 Å². The van der Waals surface area contributed by atoms with Crippen LogP contribution in [0.4, 0.5) is 0 Å². The molecular weight excluding hydrogens is 408 g/mol. The third-order valence-corrected chi connectivity index (χ3v) is 5.30. The molecule has 0 saturated carbocycles. The molecule has 1 aromatic heterocycles. The van der Waals surface area contributed by atoms with Gasteiger partial charge in [0.2, 0.25) is 0 Å². The van der Waals surface area contributed by atoms with Crippen LogP contribution in [0.5, 0.6) is 5.75 Å². The summed E-state index contributed by atoms with van der Waals surface area (Å²) in [5, 5.41) is 2.02. The number of aryl methyl sites for hydroxylation is 1. The number of hydrogen-bond acceptors (Lipinski definition) is 2. The molecule has 0 spiro atoms. The van der Waals surface area contributed by atoms with E-state index in [-0.39, 0.29) is 17.0 Å². The Labute approximate surface area is 161 Å². The number of hydrogen-bond donors (Lipinski definition) is 0. The van der Waals surface area contributed by atoms with Gasteiger partial charge in [-0.25, -0.2) is 4.57 Å². The van der Waals surface area contributed by atoms with Gasteiger partial charge in [0.15, 0.2) is 5.69 Å². The second-order valence-corrected chi connectivity index (χ2v) is 6.88. The van der Waals surface area contributed by atoms with Crippen LogP contribution in [0.2, 0.25) is 5.02 Å². The number of ether oxygens (including phenoxy) is 1. The summed E-state index contributed by atoms with van der Waals surface area (Å²) in [4.78, 5) is 0. The molecule has 0 fully saturated rings. The lowest BCUT2D eigenvalue weighted by molar-refractivity contribution is -0.723. The number of fused-ring (bicyclic) bond motifs is 1. The van der Waals surface area contributed by atoms with E-state index in [0.29, 0.717) is 0 Å². The van der Waals surface area contributed by atoms with Crippen molar-refractivity contribution in [3.63, 3.8) is 0 Å². The molecule has 4 rings (SSSR count). The van der Waals surface area contributed by atoms with Gasteiger partial charge >= 0.3 is 5.16 Å². The van der Waals surface area contributed by atoms with Crippen molar-refractivity contribution in [1.82, 2.24) is 4.57 Å². The van der Waals surface area contributed by atoms with E-state index in [2.05, 4.69) is 39.6 Å². The normalized spacial score (nSPS) is 12.6. The van der Waals surface area contributed by atoms with Crippen molar-refractivity contribution in [1.29, 1.82) is 0 Å². The van der Waals surface area contributed by atoms with Gasteiger partial charge in [-0.3, -0.25) is 0 Å². The molecule has 2 heterocycles. The van der Waals surface area contributed by atoms with Gasteiger partial charge in [0.1, 0.15) is 24.2 Å². The second-order valence-electron chi connectivity index (χ2n) is 5.38. The van der Waals surface area contributed by atoms with Gasteiger partial charge in [0, 0.05) is 16.3 Å². The highest BCUT2D eigenvalue weighted by molar-refractivity contribution is 7.99. The Morgan fingerprint density at radius 1 is 1.08 bits per heavy atom. The Morgan fingerprint density at radius 3 is 2.46 bits per heavy atom. The van der Waals surface area contributed by atoms with Crippen molar-refractivity contribution in [2.75, 3.05) is 12.9 Å². The molecule has 0 amide bonds. The molecule has 3 nitrogen and oxygen atoms in total. The molecule has 0 bridgehead atoms. The average Bonchev–Trinajstić information content (AvgIpc) is 3.16. The minimum atomic E-state index is 0. The highest BCUT2D eigenvalue weighted by Gasteiger charge is 2.30. The Hall–Kier alpha value is -1.43. The zero-order valence-electron chi connectivity index (χ0n) is 13.1. The van der Waals surface area contributed by atoms with E-state index in [1.54, 1.807) is 7.11 Å². The minimum absolute atomic E-state index is 0. The van der Waals surface area contributed by atoms with E-state index in [9.17, 15) is 0 Å². The third-order valence-electron chi connectivity index (χ3n) is 3.99. The monoisotopic (exact) mass is 422 g/mol. The maximum Gasteiger partial charge on any atom is 0.323 e. The molecule has 2 aromatic carbocycles. The van der Waals surface area contributed by atoms with Gasteiger partial charge in [-0.1, -0.05) is 11.6 Å². The summed E-state index contributed by atoms with van der Waals surface area (Å²) in [5.41, 5.74) is 3.47. The largest absolute Gasteiger partial charge is 1.00 e. The SMILES string of the molecule is COc1ccc(-n2c(-c3ccc(Cl)cc3)c[n+]3c2SCC3)cc1.[Br-]. The minimum Gasteiger partial charge on any atom is -1.00 e. The number of benzene rings is 2. The fourth-order valence-corrected chi connectivity index (χ4v) is 4.08. The van der Waals surface area contributed by atoms with Crippen LogP contribution < -0.4 is 26.3 Å². The van der Waals surface area contributed by atoms with Crippen molar-refractivity contribution in [2.45, 2.75) is 11.7 Å². The summed E-state index contributed by atoms with van der Waals surface area (Å²) >= 11 is 7.92. The van der Waals surface area contributed by atoms with Crippen LogP contribution in [0, 0.1) is 0 Å². The van der Waals surface area contributed by atoms with Crippen LogP contribution in [-0.4, -0.2) is 17.4 Å². The predicted molar refractivity (Wildman–Crippen MR) is 93.7 cm³/mol. The Morgan fingerprint density at radius 2 is 1.79 bits per heavy atom. The van der Waals surface area contributed by atoms with Gasteiger partial charge in [-0.2, -0.15) is 4.57 Å². The second kappa shape index (κ2) is 7.21. The maximum absolute atomic E-state index is 6.03. The van der Waals surface area contributed by atoms with E-state index in [1.165, 1.54) is 10.9 Å². The number of thioether (sulfide) groups is 1. The number of methoxy groups -OCH3 is 1. The first-order chi connectivity index (χ1) is 11.3. The van der Waals surface area contributed by atoms with Gasteiger partial charge in [-0.15, -0.1) is 0 Å². The van der Waals surface area contributed by atoms with Gasteiger partial charge < -0.3 is 21.7 Å². The molecule has 1 aliphatic heterocycles. The van der Waals surface area contributed by atoms with E-state index < -0.39 is 0 Å². The molecule has 3 aromatic rings. The van der Waals surface area contributed by atoms with Crippen molar-refractivity contribution >= 4 is 23.4 Å². The van der Waals surface area contributed by atoms with E-state index >= 15 is 0 Å². The average molecular weight is 424 g/mol. The van der Waals surface area contributed by atoms with Crippen LogP contribution in [0.25, 0.3) is 16.9 Å². The maximum atomic E-state index is 6.03. The van der Waals surface area contributed by atoms with Crippen molar-refractivity contribution < 1.29 is 26.3 Å². The summed E-state index contributed by atoms with van der Waals surface area (Å²) in [6.07, 6.45) is 2.23. The highest BCUT2D eigenvalue weighted by Crippen LogP contribution is 2.32. The molecule has 6 heteroatoms. The zero-order valence-corrected chi connectivity index (χ0v) is 16.2. The number of imidazole rings is 1. The summed E-state index contributed by atoms with van der Waals surface area (Å²) in [5.74, 6) is 1.98. The van der Waals surface area contributed by atoms with Crippen molar-refractivity contribution in [3.05, 3.63) is 59.8 Å². The highest BCUT2D eigenvalue weighted by atomic mass is 79.9. The van der Waals surface area contributed by atoms with Gasteiger partial charge in [-0.05, 0) is 60.3 Å². The Kier molecular flexibility index (Phi) is 5.23. The fourth-order valence-electron chi connectivity index (χ4n) is 2.84. The van der Waals surface area contributed by atoms with Crippen molar-refractivity contribution in [2.24, 2.45) is 0 Å². The van der Waals surface area contributed by atoms with Gasteiger partial charge in [0.25, 0.3) is 0 Å². The summed E-state index contributed by atoms with van der Waals surface area (Å²) < 4.78 is 9.90. The summed E-state index contributed by atoms with van der Waals surface area (Å²) in [7, 11) is 1.69. The molecule has 0 N–H and O–H groups in total. The standard InChI is InChI=1S/C18H16ClN2OS.BrH/c1-22-16-8-6-15(7-9-16)21-17(12-20-10-11-23-18(20)21)13-2-4-14(19)5-3-13;/h2-9,12H,10-11H2,1H3;1H/q+1;/p-1. The number of aromatic nitrogens is 2. The first-order valence-corrected chi connectivity index (χ1v) is 8.81. The molecule has 0 radical (unpaired) electrons. The molecule has 0 atom stereocenters.